The van der Waals surface area contributed by atoms with Crippen molar-refractivity contribution in [2.45, 2.75) is 122 Å². The van der Waals surface area contributed by atoms with E-state index in [9.17, 15) is 19.2 Å². The molecule has 0 aromatic rings. The van der Waals surface area contributed by atoms with Crippen molar-refractivity contribution < 1.29 is 33.4 Å². The zero-order valence-electron chi connectivity index (χ0n) is 27.2. The lowest BCUT2D eigenvalue weighted by Gasteiger charge is -2.48. The highest BCUT2D eigenvalue weighted by Gasteiger charge is 2.61. The van der Waals surface area contributed by atoms with Gasteiger partial charge in [0.15, 0.2) is 6.10 Å². The minimum absolute atomic E-state index is 0.0347. The molecule has 2 unspecified atom stereocenters. The molecule has 2 saturated heterocycles. The number of fused-ring (bicyclic) bond motifs is 3. The van der Waals surface area contributed by atoms with E-state index in [1.54, 1.807) is 38.7 Å². The number of methoxy groups -OCH3 is 1. The van der Waals surface area contributed by atoms with Crippen LogP contribution in [0.2, 0.25) is 0 Å². The molecule has 0 radical (unpaired) electrons. The summed E-state index contributed by atoms with van der Waals surface area (Å²) in [5, 5.41) is 8.67. The van der Waals surface area contributed by atoms with Gasteiger partial charge in [0.2, 0.25) is 11.8 Å². The highest BCUT2D eigenvalue weighted by Crippen LogP contribution is 2.57. The average Bonchev–Trinajstić information content (AvgIpc) is 3.25. The number of nitrogens with one attached hydrogen (secondary N) is 3. The Kier molecular flexibility index (Phi) is 12.1. The van der Waals surface area contributed by atoms with E-state index in [0.29, 0.717) is 19.6 Å². The van der Waals surface area contributed by atoms with Gasteiger partial charge in [-0.3, -0.25) is 14.4 Å². The summed E-state index contributed by atoms with van der Waals surface area (Å²) in [6.45, 7) is 16.1. The summed E-state index contributed by atoms with van der Waals surface area (Å²) in [6.07, 6.45) is 5.15. The highest BCUT2D eigenvalue weighted by molar-refractivity contribution is 5.93. The Hall–Kier alpha value is -2.66. The second-order valence-electron chi connectivity index (χ2n) is 14.0. The first-order chi connectivity index (χ1) is 20.2. The summed E-state index contributed by atoms with van der Waals surface area (Å²) in [7, 11) is 1.47. The first-order valence-electron chi connectivity index (χ1n) is 15.8. The Balaban J connectivity index is 1.95. The Morgan fingerprint density at radius 2 is 1.86 bits per heavy atom. The fourth-order valence-corrected chi connectivity index (χ4v) is 6.80. The maximum atomic E-state index is 14.3. The van der Waals surface area contributed by atoms with Crippen molar-refractivity contribution in [1.29, 1.82) is 0 Å². The van der Waals surface area contributed by atoms with Crippen LogP contribution in [0.1, 0.15) is 86.5 Å². The van der Waals surface area contributed by atoms with Crippen LogP contribution in [0.15, 0.2) is 12.7 Å². The lowest BCUT2D eigenvalue weighted by Crippen LogP contribution is -2.61. The minimum atomic E-state index is -1.04. The molecule has 11 nitrogen and oxygen atoms in total. The summed E-state index contributed by atoms with van der Waals surface area (Å²) < 4.78 is 17.2. The minimum Gasteiger partial charge on any atom is -0.444 e. The third kappa shape index (κ3) is 8.94. The topological polar surface area (TPSA) is 135 Å². The standard InChI is InChI=1S/C32H54N4O7/c1-9-16-33-28(38)26(41-8)23-15-13-11-10-12-14-17-42-20(2)24(35-30(40)43-31(3,4)5)29(39)36-19-22-21(18-32(22,6)7)25(36)27(37)34-23/h9,20-26H,1,10-19H2,2-8H3,(H,33,38)(H,34,37)(H,35,40)/t20-,21?,22-,23-,24-,25-,26?/m0/s1. The van der Waals surface area contributed by atoms with Crippen LogP contribution in [0.3, 0.4) is 0 Å². The number of hydrogen-bond acceptors (Lipinski definition) is 7. The van der Waals surface area contributed by atoms with Gasteiger partial charge in [-0.15, -0.1) is 6.58 Å². The largest absolute Gasteiger partial charge is 0.444 e. The number of ether oxygens (including phenoxy) is 3. The molecule has 0 spiro atoms. The van der Waals surface area contributed by atoms with E-state index < -0.39 is 42.0 Å². The fraction of sp³-hybridized carbons (Fsp3) is 0.812. The summed E-state index contributed by atoms with van der Waals surface area (Å²) in [5.41, 5.74) is -0.786. The highest BCUT2D eigenvalue weighted by atomic mass is 16.6. The lowest BCUT2D eigenvalue weighted by molar-refractivity contribution is -0.145. The van der Waals surface area contributed by atoms with Gasteiger partial charge in [-0.25, -0.2) is 4.79 Å². The maximum absolute atomic E-state index is 14.3. The molecule has 3 aliphatic rings. The lowest BCUT2D eigenvalue weighted by atomic mass is 9.55. The molecule has 0 aromatic carbocycles. The van der Waals surface area contributed by atoms with E-state index >= 15 is 0 Å². The number of nitrogens with zero attached hydrogens (tertiary/aromatic N) is 1. The zero-order chi connectivity index (χ0) is 31.9. The molecule has 0 aromatic heterocycles. The fourth-order valence-electron chi connectivity index (χ4n) is 6.80. The second kappa shape index (κ2) is 14.9. The summed E-state index contributed by atoms with van der Waals surface area (Å²) in [4.78, 5) is 55.9. The quantitative estimate of drug-likeness (QED) is 0.395. The Morgan fingerprint density at radius 3 is 2.49 bits per heavy atom. The van der Waals surface area contributed by atoms with Crippen molar-refractivity contribution in [2.75, 3.05) is 26.8 Å². The van der Waals surface area contributed by atoms with Gasteiger partial charge in [0.1, 0.15) is 17.7 Å². The molecule has 3 N–H and O–H groups in total. The van der Waals surface area contributed by atoms with Crippen LogP contribution in [-0.2, 0) is 28.6 Å². The van der Waals surface area contributed by atoms with Crippen molar-refractivity contribution >= 4 is 23.8 Å². The van der Waals surface area contributed by atoms with E-state index in [0.717, 1.165) is 38.5 Å². The van der Waals surface area contributed by atoms with Crippen LogP contribution in [0.5, 0.6) is 0 Å². The zero-order valence-corrected chi connectivity index (χ0v) is 27.2. The van der Waals surface area contributed by atoms with Crippen molar-refractivity contribution in [1.82, 2.24) is 20.9 Å². The number of hydrogen-bond donors (Lipinski definition) is 3. The van der Waals surface area contributed by atoms with Crippen LogP contribution >= 0.6 is 0 Å². The maximum Gasteiger partial charge on any atom is 0.408 e. The number of amides is 4. The average molecular weight is 607 g/mol. The van der Waals surface area contributed by atoms with Crippen LogP contribution < -0.4 is 16.0 Å². The molecule has 1 aliphatic carbocycles. The Morgan fingerprint density at radius 1 is 1.19 bits per heavy atom. The Labute approximate surface area is 257 Å². The monoisotopic (exact) mass is 606 g/mol. The number of carbonyl (C=O) groups excluding carboxylic acids is 4. The van der Waals surface area contributed by atoms with Gasteiger partial charge in [0.25, 0.3) is 5.91 Å². The summed E-state index contributed by atoms with van der Waals surface area (Å²) in [5.74, 6) is -0.916. The predicted octanol–water partition coefficient (Wildman–Crippen LogP) is 3.31. The Bertz CT molecular complexity index is 1010. The van der Waals surface area contributed by atoms with Crippen LogP contribution in [0, 0.1) is 17.3 Å². The SMILES string of the molecule is C=CCNC(=O)C(OC)[C@@H]1CCCCCCCO[C@@H](C)[C@H](NC(=O)OC(C)(C)C)C(=O)N2C[C@H]3C(CC3(C)C)[C@H]2C(=O)N1. The molecular weight excluding hydrogens is 552 g/mol. The van der Waals surface area contributed by atoms with Gasteiger partial charge in [0.05, 0.1) is 12.1 Å². The number of carbonyl (C=O) groups is 4. The first-order valence-corrected chi connectivity index (χ1v) is 15.8. The van der Waals surface area contributed by atoms with E-state index in [1.165, 1.54) is 7.11 Å². The molecule has 11 heteroatoms. The molecule has 7 atom stereocenters. The molecule has 43 heavy (non-hydrogen) atoms. The van der Waals surface area contributed by atoms with E-state index in [4.69, 9.17) is 14.2 Å². The molecule has 0 bridgehead atoms. The molecule has 244 valence electrons. The van der Waals surface area contributed by atoms with Gasteiger partial charge < -0.3 is 35.1 Å². The van der Waals surface area contributed by atoms with E-state index in [2.05, 4.69) is 36.4 Å². The van der Waals surface area contributed by atoms with Gasteiger partial charge in [-0.05, 0) is 64.2 Å². The summed E-state index contributed by atoms with van der Waals surface area (Å²) >= 11 is 0. The third-order valence-electron chi connectivity index (χ3n) is 9.04. The molecule has 2 aliphatic heterocycles. The summed E-state index contributed by atoms with van der Waals surface area (Å²) in [6, 6.07) is -2.35. The second-order valence-corrected chi connectivity index (χ2v) is 14.0. The first kappa shape index (κ1) is 34.8. The van der Waals surface area contributed by atoms with Crippen molar-refractivity contribution in [3.05, 3.63) is 12.7 Å². The smallest absolute Gasteiger partial charge is 0.408 e. The van der Waals surface area contributed by atoms with E-state index in [-0.39, 0.29) is 41.5 Å². The van der Waals surface area contributed by atoms with Crippen LogP contribution in [0.4, 0.5) is 4.79 Å². The molecule has 2 heterocycles. The van der Waals surface area contributed by atoms with Crippen molar-refractivity contribution in [2.24, 2.45) is 17.3 Å². The number of alkyl carbamates (subject to hydrolysis) is 1. The van der Waals surface area contributed by atoms with Gasteiger partial charge in [-0.2, -0.15) is 0 Å². The van der Waals surface area contributed by atoms with Gasteiger partial charge in [-0.1, -0.05) is 45.6 Å². The third-order valence-corrected chi connectivity index (χ3v) is 9.04. The van der Waals surface area contributed by atoms with E-state index in [1.807, 2.05) is 0 Å². The molecule has 3 fully saturated rings. The van der Waals surface area contributed by atoms with Crippen LogP contribution in [0.25, 0.3) is 0 Å². The molecule has 3 rings (SSSR count). The molecule has 4 amide bonds. The molecular formula is C32H54N4O7. The van der Waals surface area contributed by atoms with Crippen molar-refractivity contribution in [3.8, 4) is 0 Å². The van der Waals surface area contributed by atoms with Gasteiger partial charge in [0, 0.05) is 26.8 Å². The number of rotatable bonds is 6. The normalized spacial score (nSPS) is 31.0. The molecule has 1 saturated carbocycles. The van der Waals surface area contributed by atoms with Crippen LogP contribution in [-0.4, -0.2) is 91.5 Å². The predicted molar refractivity (Wildman–Crippen MR) is 163 cm³/mol. The van der Waals surface area contributed by atoms with Crippen molar-refractivity contribution in [3.63, 3.8) is 0 Å². The van der Waals surface area contributed by atoms with Gasteiger partial charge >= 0.3 is 6.09 Å².